The van der Waals surface area contributed by atoms with Crippen molar-refractivity contribution in [3.05, 3.63) is 96.1 Å². The molecule has 0 saturated heterocycles. The number of para-hydroxylation sites is 2. The molecule has 0 bridgehead atoms. The van der Waals surface area contributed by atoms with Crippen LogP contribution in [0.15, 0.2) is 94.7 Å². The second-order valence-corrected chi connectivity index (χ2v) is 15.4. The first-order valence-electron chi connectivity index (χ1n) is 17.9. The summed E-state index contributed by atoms with van der Waals surface area (Å²) < 4.78 is 78.0. The third kappa shape index (κ3) is 16.6. The molecule has 284 valence electrons. The van der Waals surface area contributed by atoms with Crippen LogP contribution in [0.4, 0.5) is 0 Å². The number of unbranched alkanes of at least 4 members (excludes halogenated alkanes) is 10. The van der Waals surface area contributed by atoms with Crippen molar-refractivity contribution in [2.45, 2.75) is 114 Å². The zero-order valence-electron chi connectivity index (χ0n) is 30.7. The number of aromatic hydroxyl groups is 1. The second-order valence-electron chi connectivity index (χ2n) is 12.6. The number of phenols is 1. The summed E-state index contributed by atoms with van der Waals surface area (Å²) in [6.45, 7) is 4.35. The number of hydrogen-bond acceptors (Lipinski definition) is 9. The normalized spacial score (nSPS) is 11.2. The third-order valence-corrected chi connectivity index (χ3v) is 10.1. The van der Waals surface area contributed by atoms with E-state index in [1.54, 1.807) is 24.3 Å². The summed E-state index contributed by atoms with van der Waals surface area (Å²) in [5, 5.41) is 21.5. The van der Waals surface area contributed by atoms with Crippen molar-refractivity contribution in [1.29, 1.82) is 0 Å². The van der Waals surface area contributed by atoms with E-state index in [0.717, 1.165) is 49.7 Å². The molecule has 0 aliphatic carbocycles. The van der Waals surface area contributed by atoms with Gasteiger partial charge in [-0.05, 0) is 85.3 Å². The zero-order valence-corrected chi connectivity index (χ0v) is 34.5. The van der Waals surface area contributed by atoms with Crippen LogP contribution in [-0.2, 0) is 33.1 Å². The van der Waals surface area contributed by atoms with Crippen LogP contribution in [0.1, 0.15) is 102 Å². The van der Waals surface area contributed by atoms with Crippen LogP contribution < -0.4 is 14.6 Å². The van der Waals surface area contributed by atoms with Gasteiger partial charge in [0.15, 0.2) is 0 Å². The molecule has 2 N–H and O–H groups in total. The summed E-state index contributed by atoms with van der Waals surface area (Å²) in [6, 6.07) is 20.8. The molecule has 13 heteroatoms. The first-order valence-corrected chi connectivity index (χ1v) is 20.8. The van der Waals surface area contributed by atoms with Gasteiger partial charge in [0.25, 0.3) is 10.1 Å². The SMILES string of the molecule is CCCCCCCCc1cc(O)ccc1Oc1ccccc1S(=O)(=O)O.CCCCCCCCc1cc([O-])ccc1Oc1ccccc1S(=O)(=O)[O-].[Ca+2]. The Balaban J connectivity index is 0.000000360. The quantitative estimate of drug-likeness (QED) is 0.0499. The topological polar surface area (TPSA) is 173 Å². The Morgan fingerprint density at radius 2 is 1.00 bits per heavy atom. The van der Waals surface area contributed by atoms with Gasteiger partial charge in [-0.25, -0.2) is 8.42 Å². The monoisotopic (exact) mass is 794 g/mol. The van der Waals surface area contributed by atoms with E-state index in [0.29, 0.717) is 17.9 Å². The van der Waals surface area contributed by atoms with Crippen LogP contribution in [0.3, 0.4) is 0 Å². The average molecular weight is 795 g/mol. The second kappa shape index (κ2) is 23.8. The molecule has 0 aliphatic rings. The summed E-state index contributed by atoms with van der Waals surface area (Å²) in [5.74, 6) is 0.946. The number of rotatable bonds is 20. The van der Waals surface area contributed by atoms with Crippen molar-refractivity contribution < 1.29 is 45.6 Å². The number of benzene rings is 4. The van der Waals surface area contributed by atoms with Crippen LogP contribution >= 0.6 is 0 Å². The largest absolute Gasteiger partial charge is 2.00 e. The van der Waals surface area contributed by atoms with E-state index in [2.05, 4.69) is 13.8 Å². The van der Waals surface area contributed by atoms with Gasteiger partial charge < -0.3 is 24.2 Å². The Labute approximate surface area is 345 Å². The predicted octanol–water partition coefficient (Wildman–Crippen LogP) is 9.31. The fraction of sp³-hybridized carbons (Fsp3) is 0.400. The van der Waals surface area contributed by atoms with E-state index in [1.165, 1.54) is 106 Å². The Morgan fingerprint density at radius 3 is 1.51 bits per heavy atom. The average Bonchev–Trinajstić information content (AvgIpc) is 3.10. The van der Waals surface area contributed by atoms with Crippen molar-refractivity contribution in [3.63, 3.8) is 0 Å². The van der Waals surface area contributed by atoms with Gasteiger partial charge in [0, 0.05) is 0 Å². The number of aryl methyl sites for hydroxylation is 2. The van der Waals surface area contributed by atoms with Gasteiger partial charge in [0.1, 0.15) is 43.8 Å². The van der Waals surface area contributed by atoms with E-state index in [9.17, 15) is 36.2 Å². The smallest absolute Gasteiger partial charge is 0.872 e. The van der Waals surface area contributed by atoms with E-state index >= 15 is 0 Å². The first kappa shape index (κ1) is 46.3. The van der Waals surface area contributed by atoms with Gasteiger partial charge in [0.2, 0.25) is 0 Å². The molecular weight excluding hydrogens is 745 g/mol. The fourth-order valence-electron chi connectivity index (χ4n) is 5.63. The summed E-state index contributed by atoms with van der Waals surface area (Å²) in [7, 11) is -9.02. The minimum Gasteiger partial charge on any atom is -0.872 e. The Hall–Kier alpha value is -2.84. The van der Waals surface area contributed by atoms with Gasteiger partial charge in [-0.3, -0.25) is 4.55 Å². The molecule has 0 unspecified atom stereocenters. The van der Waals surface area contributed by atoms with Gasteiger partial charge in [0.05, 0.1) is 4.90 Å². The molecule has 53 heavy (non-hydrogen) atoms. The van der Waals surface area contributed by atoms with Gasteiger partial charge >= 0.3 is 37.7 Å². The summed E-state index contributed by atoms with van der Waals surface area (Å²) in [4.78, 5) is -0.685. The molecule has 0 radical (unpaired) electrons. The molecule has 4 rings (SSSR count). The molecule has 0 saturated carbocycles. The molecular formula is C40H50CaO10S2. The molecule has 0 spiro atoms. The molecule has 4 aromatic rings. The molecule has 0 heterocycles. The minimum atomic E-state index is -4.64. The van der Waals surface area contributed by atoms with Gasteiger partial charge in [-0.2, -0.15) is 8.42 Å². The van der Waals surface area contributed by atoms with Crippen LogP contribution in [0.5, 0.6) is 34.5 Å². The number of hydrogen-bond donors (Lipinski definition) is 2. The number of phenolic OH excluding ortho intramolecular Hbond substituents is 1. The summed E-state index contributed by atoms with van der Waals surface area (Å²) in [5.41, 5.74) is 1.54. The van der Waals surface area contributed by atoms with Crippen molar-refractivity contribution in [2.24, 2.45) is 0 Å². The fourth-order valence-corrected chi connectivity index (χ4v) is 6.84. The van der Waals surface area contributed by atoms with E-state index in [4.69, 9.17) is 9.47 Å². The van der Waals surface area contributed by atoms with E-state index in [-0.39, 0.29) is 65.6 Å². The third-order valence-electron chi connectivity index (χ3n) is 8.36. The molecule has 0 atom stereocenters. The van der Waals surface area contributed by atoms with Crippen LogP contribution in [0.25, 0.3) is 0 Å². The van der Waals surface area contributed by atoms with E-state index < -0.39 is 25.1 Å². The Morgan fingerprint density at radius 1 is 0.566 bits per heavy atom. The first-order chi connectivity index (χ1) is 24.8. The maximum atomic E-state index is 11.7. The van der Waals surface area contributed by atoms with Crippen molar-refractivity contribution in [3.8, 4) is 34.5 Å². The molecule has 4 aromatic carbocycles. The van der Waals surface area contributed by atoms with Crippen molar-refractivity contribution in [2.75, 3.05) is 0 Å². The predicted molar refractivity (Wildman–Crippen MR) is 205 cm³/mol. The molecule has 0 aliphatic heterocycles. The standard InChI is InChI=1S/2C20H26O5S.Ca/c2*1-2-3-4-5-6-7-10-16-15-17(21)13-14-18(16)25-19-11-8-9-12-20(19)26(22,23)24;/h2*8-9,11-15,21H,2-7,10H2,1H3,(H,22,23,24);/q;;+2/p-2. The van der Waals surface area contributed by atoms with Crippen molar-refractivity contribution in [1.82, 2.24) is 0 Å². The summed E-state index contributed by atoms with van der Waals surface area (Å²) >= 11 is 0. The Bertz CT molecular complexity index is 1780. The van der Waals surface area contributed by atoms with Gasteiger partial charge in [-0.1, -0.05) is 114 Å². The summed E-state index contributed by atoms with van der Waals surface area (Å²) in [6.07, 6.45) is 15.1. The van der Waals surface area contributed by atoms with Crippen LogP contribution in [0.2, 0.25) is 0 Å². The van der Waals surface area contributed by atoms with E-state index in [1.807, 2.05) is 0 Å². The maximum absolute atomic E-state index is 11.7. The molecule has 0 amide bonds. The molecule has 10 nitrogen and oxygen atoms in total. The van der Waals surface area contributed by atoms with Crippen LogP contribution in [0, 0.1) is 0 Å². The maximum Gasteiger partial charge on any atom is 2.00 e. The molecule has 0 fully saturated rings. The van der Waals surface area contributed by atoms with Crippen LogP contribution in [-0.4, -0.2) is 68.8 Å². The Kier molecular flexibility index (Phi) is 20.8. The van der Waals surface area contributed by atoms with Gasteiger partial charge in [-0.15, -0.1) is 5.75 Å². The number of ether oxygens (including phenoxy) is 2. The molecule has 0 aromatic heterocycles. The zero-order chi connectivity index (χ0) is 38.0. The van der Waals surface area contributed by atoms with Crippen molar-refractivity contribution >= 4 is 58.0 Å². The minimum absolute atomic E-state index is 0.